The zero-order chi connectivity index (χ0) is 11.8. The Kier molecular flexibility index (Phi) is 2.98. The van der Waals surface area contributed by atoms with Crippen LogP contribution in [0.25, 0.3) is 0 Å². The molecule has 0 radical (unpaired) electrons. The van der Waals surface area contributed by atoms with E-state index in [0.29, 0.717) is 17.2 Å². The molecule has 0 bridgehead atoms. The van der Waals surface area contributed by atoms with Gasteiger partial charge < -0.3 is 9.73 Å². The Morgan fingerprint density at radius 2 is 2.25 bits per heavy atom. The van der Waals surface area contributed by atoms with Crippen LogP contribution < -0.4 is 5.32 Å². The van der Waals surface area contributed by atoms with Crippen molar-refractivity contribution >= 4 is 17.5 Å². The smallest absolute Gasteiger partial charge is 0.255 e. The van der Waals surface area contributed by atoms with Crippen LogP contribution in [-0.4, -0.2) is 17.3 Å². The topological polar surface area (TPSA) is 42.2 Å². The second kappa shape index (κ2) is 4.13. The van der Waals surface area contributed by atoms with E-state index in [1.807, 2.05) is 6.92 Å². The summed E-state index contributed by atoms with van der Waals surface area (Å²) in [5.41, 5.74) is 0.435. The molecule has 0 unspecified atom stereocenters. The van der Waals surface area contributed by atoms with Crippen molar-refractivity contribution in [2.24, 2.45) is 0 Å². The molecule has 0 saturated heterocycles. The van der Waals surface area contributed by atoms with E-state index in [0.717, 1.165) is 25.0 Å². The maximum atomic E-state index is 12.0. The van der Waals surface area contributed by atoms with Gasteiger partial charge in [-0.25, -0.2) is 0 Å². The molecular weight excluding hydrogens is 226 g/mol. The third kappa shape index (κ3) is 1.96. The van der Waals surface area contributed by atoms with Crippen molar-refractivity contribution in [3.63, 3.8) is 0 Å². The summed E-state index contributed by atoms with van der Waals surface area (Å²) < 4.78 is 5.34. The zero-order valence-electron chi connectivity index (χ0n) is 9.60. The Labute approximate surface area is 100 Å². The van der Waals surface area contributed by atoms with Crippen molar-refractivity contribution in [2.45, 2.75) is 38.6 Å². The molecule has 16 heavy (non-hydrogen) atoms. The quantitative estimate of drug-likeness (QED) is 0.827. The molecule has 0 spiro atoms. The van der Waals surface area contributed by atoms with Gasteiger partial charge in [0.15, 0.2) is 0 Å². The average Bonchev–Trinajstić information content (AvgIpc) is 2.51. The SMILES string of the molecule is Cc1cc(C(=O)NC2(CCl)CCC2)c(C)o1. The van der Waals surface area contributed by atoms with E-state index in [-0.39, 0.29) is 11.4 Å². The van der Waals surface area contributed by atoms with Crippen LogP contribution in [0.3, 0.4) is 0 Å². The summed E-state index contributed by atoms with van der Waals surface area (Å²) in [6, 6.07) is 1.77. The summed E-state index contributed by atoms with van der Waals surface area (Å²) in [7, 11) is 0. The van der Waals surface area contributed by atoms with Gasteiger partial charge in [0.1, 0.15) is 11.5 Å². The van der Waals surface area contributed by atoms with E-state index in [4.69, 9.17) is 16.0 Å². The summed E-state index contributed by atoms with van der Waals surface area (Å²) in [5.74, 6) is 1.83. The number of hydrogen-bond acceptors (Lipinski definition) is 2. The lowest BCUT2D eigenvalue weighted by Gasteiger charge is -2.40. The maximum Gasteiger partial charge on any atom is 0.255 e. The van der Waals surface area contributed by atoms with Crippen molar-refractivity contribution in [3.8, 4) is 0 Å². The molecule has 0 aliphatic heterocycles. The van der Waals surface area contributed by atoms with Crippen LogP contribution in [0.15, 0.2) is 10.5 Å². The average molecular weight is 242 g/mol. The van der Waals surface area contributed by atoms with Crippen molar-refractivity contribution in [3.05, 3.63) is 23.2 Å². The van der Waals surface area contributed by atoms with Crippen LogP contribution >= 0.6 is 11.6 Å². The fourth-order valence-electron chi connectivity index (χ4n) is 2.06. The minimum absolute atomic E-state index is 0.0744. The number of rotatable bonds is 3. The maximum absolute atomic E-state index is 12.0. The van der Waals surface area contributed by atoms with E-state index in [1.54, 1.807) is 13.0 Å². The highest BCUT2D eigenvalue weighted by Gasteiger charge is 2.38. The monoisotopic (exact) mass is 241 g/mol. The second-order valence-corrected chi connectivity index (χ2v) is 4.82. The molecule has 1 aliphatic carbocycles. The van der Waals surface area contributed by atoms with Gasteiger partial charge in [-0.1, -0.05) is 0 Å². The van der Waals surface area contributed by atoms with Gasteiger partial charge in [-0.2, -0.15) is 0 Å². The molecule has 0 atom stereocenters. The van der Waals surface area contributed by atoms with Gasteiger partial charge in [-0.3, -0.25) is 4.79 Å². The number of aryl methyl sites for hydroxylation is 2. The molecule has 1 aliphatic rings. The van der Waals surface area contributed by atoms with Crippen molar-refractivity contribution in [1.29, 1.82) is 0 Å². The van der Waals surface area contributed by atoms with Gasteiger partial charge >= 0.3 is 0 Å². The molecule has 1 N–H and O–H groups in total. The van der Waals surface area contributed by atoms with Crippen molar-refractivity contribution in [2.75, 3.05) is 5.88 Å². The van der Waals surface area contributed by atoms with Crippen LogP contribution in [0.1, 0.15) is 41.1 Å². The standard InChI is InChI=1S/C12H16ClNO2/c1-8-6-10(9(2)16-8)11(15)14-12(7-13)4-3-5-12/h6H,3-5,7H2,1-2H3,(H,14,15). The number of furan rings is 1. The highest BCUT2D eigenvalue weighted by Crippen LogP contribution is 2.33. The second-order valence-electron chi connectivity index (χ2n) is 4.55. The zero-order valence-corrected chi connectivity index (χ0v) is 10.4. The first-order valence-corrected chi connectivity index (χ1v) is 6.05. The number of carbonyl (C=O) groups is 1. The predicted octanol–water partition coefficient (Wildman–Crippen LogP) is 2.79. The largest absolute Gasteiger partial charge is 0.466 e. The number of hydrogen-bond donors (Lipinski definition) is 1. The Hall–Kier alpha value is -0.960. The minimum atomic E-state index is -0.184. The summed E-state index contributed by atoms with van der Waals surface area (Å²) >= 11 is 5.90. The van der Waals surface area contributed by atoms with Crippen LogP contribution in [0, 0.1) is 13.8 Å². The van der Waals surface area contributed by atoms with Crippen molar-refractivity contribution in [1.82, 2.24) is 5.32 Å². The van der Waals surface area contributed by atoms with E-state index >= 15 is 0 Å². The lowest BCUT2D eigenvalue weighted by atomic mass is 9.78. The van der Waals surface area contributed by atoms with E-state index < -0.39 is 0 Å². The lowest BCUT2D eigenvalue weighted by molar-refractivity contribution is 0.0852. The van der Waals surface area contributed by atoms with Gasteiger partial charge in [-0.05, 0) is 39.2 Å². The van der Waals surface area contributed by atoms with Gasteiger partial charge in [0.2, 0.25) is 0 Å². The highest BCUT2D eigenvalue weighted by molar-refractivity contribution is 6.19. The highest BCUT2D eigenvalue weighted by atomic mass is 35.5. The summed E-state index contributed by atoms with van der Waals surface area (Å²) in [6.07, 6.45) is 3.08. The summed E-state index contributed by atoms with van der Waals surface area (Å²) in [5, 5.41) is 3.02. The molecule has 2 rings (SSSR count). The normalized spacial score (nSPS) is 17.9. The fourth-order valence-corrected chi connectivity index (χ4v) is 2.39. The Bertz CT molecular complexity index is 402. The molecule has 1 aromatic rings. The van der Waals surface area contributed by atoms with Gasteiger partial charge in [0, 0.05) is 5.88 Å². The molecule has 1 amide bonds. The molecule has 1 fully saturated rings. The Balaban J connectivity index is 2.11. The summed E-state index contributed by atoms with van der Waals surface area (Å²) in [6.45, 7) is 3.64. The molecule has 1 aromatic heterocycles. The van der Waals surface area contributed by atoms with E-state index in [9.17, 15) is 4.79 Å². The molecular formula is C12H16ClNO2. The number of halogens is 1. The molecule has 88 valence electrons. The Morgan fingerprint density at radius 1 is 1.56 bits per heavy atom. The van der Waals surface area contributed by atoms with Gasteiger partial charge in [-0.15, -0.1) is 11.6 Å². The molecule has 4 heteroatoms. The first-order valence-electron chi connectivity index (χ1n) is 5.52. The number of carbonyl (C=O) groups excluding carboxylic acids is 1. The van der Waals surface area contributed by atoms with Crippen LogP contribution in [0.4, 0.5) is 0 Å². The number of amides is 1. The third-order valence-corrected chi connectivity index (χ3v) is 3.74. The van der Waals surface area contributed by atoms with E-state index in [1.165, 1.54) is 0 Å². The first-order chi connectivity index (χ1) is 7.56. The van der Waals surface area contributed by atoms with Crippen molar-refractivity contribution < 1.29 is 9.21 Å². The molecule has 1 heterocycles. The fraction of sp³-hybridized carbons (Fsp3) is 0.583. The lowest BCUT2D eigenvalue weighted by Crippen LogP contribution is -2.55. The van der Waals surface area contributed by atoms with Crippen LogP contribution in [0.5, 0.6) is 0 Å². The number of nitrogens with one attached hydrogen (secondary N) is 1. The first kappa shape index (κ1) is 11.5. The molecule has 0 aromatic carbocycles. The summed E-state index contributed by atoms with van der Waals surface area (Å²) in [4.78, 5) is 12.0. The van der Waals surface area contributed by atoms with E-state index in [2.05, 4.69) is 5.32 Å². The van der Waals surface area contributed by atoms with Gasteiger partial charge in [0.05, 0.1) is 11.1 Å². The Morgan fingerprint density at radius 3 is 2.62 bits per heavy atom. The molecule has 1 saturated carbocycles. The minimum Gasteiger partial charge on any atom is -0.466 e. The molecule has 3 nitrogen and oxygen atoms in total. The number of alkyl halides is 1. The van der Waals surface area contributed by atoms with Gasteiger partial charge in [0.25, 0.3) is 5.91 Å². The predicted molar refractivity (Wildman–Crippen MR) is 63.0 cm³/mol. The van der Waals surface area contributed by atoms with Crippen LogP contribution in [0.2, 0.25) is 0 Å². The van der Waals surface area contributed by atoms with Crippen LogP contribution in [-0.2, 0) is 0 Å². The third-order valence-electron chi connectivity index (χ3n) is 3.23.